The lowest BCUT2D eigenvalue weighted by atomic mass is 9.91. The van der Waals surface area contributed by atoms with E-state index in [0.717, 1.165) is 49.4 Å². The fourth-order valence-electron chi connectivity index (χ4n) is 3.80. The van der Waals surface area contributed by atoms with E-state index in [1.807, 2.05) is 19.1 Å². The highest BCUT2D eigenvalue weighted by atomic mass is 32.2. The van der Waals surface area contributed by atoms with Crippen molar-refractivity contribution in [1.82, 2.24) is 5.32 Å². The third-order valence-corrected chi connectivity index (χ3v) is 6.15. The first-order chi connectivity index (χ1) is 13.4. The number of amides is 1. The Labute approximate surface area is 170 Å². The fourth-order valence-corrected chi connectivity index (χ4v) is 4.69. The highest BCUT2D eigenvalue weighted by Crippen LogP contribution is 2.36. The van der Waals surface area contributed by atoms with Crippen molar-refractivity contribution < 1.29 is 24.2 Å². The van der Waals surface area contributed by atoms with E-state index in [1.54, 1.807) is 0 Å². The van der Waals surface area contributed by atoms with Crippen molar-refractivity contribution in [2.24, 2.45) is 0 Å². The van der Waals surface area contributed by atoms with Crippen LogP contribution in [0, 0.1) is 0 Å². The summed E-state index contributed by atoms with van der Waals surface area (Å²) in [7, 11) is 0. The molecule has 0 aromatic heterocycles. The number of rotatable bonds is 1. The molecule has 0 aromatic carbocycles. The SMILES string of the molecule is CC1=CC(=O)OC2CC(CCCC=CC=CCC1)O[C@@](O)([C@@H]1CSC(=O)N1)C2. The third-order valence-electron chi connectivity index (χ3n) is 5.27. The molecule has 0 saturated carbocycles. The van der Waals surface area contributed by atoms with Gasteiger partial charge >= 0.3 is 5.97 Å². The average molecular weight is 408 g/mol. The summed E-state index contributed by atoms with van der Waals surface area (Å²) in [5.74, 6) is -1.46. The summed E-state index contributed by atoms with van der Waals surface area (Å²) in [6, 6.07) is -0.498. The standard InChI is InChI=1S/C21H29NO5S/c1-15-9-7-5-3-2-4-6-8-10-16-12-17(26-19(23)11-15)13-21(25,27-16)18-14-28-20(24)22-18/h2-5,11,16-18,25H,6-10,12-14H2,1H3,(H,22,24)/t16?,17?,18-,21+/m0/s1. The molecule has 1 amide bonds. The maximum atomic E-state index is 12.3. The molecular formula is C21H29NO5S. The van der Waals surface area contributed by atoms with Crippen molar-refractivity contribution >= 4 is 23.0 Å². The van der Waals surface area contributed by atoms with Gasteiger partial charge in [-0.05, 0) is 39.0 Å². The first-order valence-corrected chi connectivity index (χ1v) is 11.0. The number of thioether (sulfide) groups is 1. The Morgan fingerprint density at radius 1 is 1.21 bits per heavy atom. The summed E-state index contributed by atoms with van der Waals surface area (Å²) in [5.41, 5.74) is 0.962. The van der Waals surface area contributed by atoms with Crippen molar-refractivity contribution in [1.29, 1.82) is 0 Å². The van der Waals surface area contributed by atoms with E-state index in [4.69, 9.17) is 9.47 Å². The number of fused-ring (bicyclic) bond motifs is 2. The highest BCUT2D eigenvalue weighted by Gasteiger charge is 2.49. The molecule has 4 atom stereocenters. The number of carbonyl (C=O) groups excluding carboxylic acids is 2. The number of allylic oxidation sites excluding steroid dienone is 5. The summed E-state index contributed by atoms with van der Waals surface area (Å²) < 4.78 is 11.7. The first kappa shape index (κ1) is 21.1. The average Bonchev–Trinajstić information content (AvgIpc) is 3.06. The van der Waals surface area contributed by atoms with Crippen LogP contribution in [0.3, 0.4) is 0 Å². The minimum absolute atomic E-state index is 0.163. The number of esters is 1. The van der Waals surface area contributed by atoms with Gasteiger partial charge in [-0.3, -0.25) is 4.79 Å². The predicted octanol–water partition coefficient (Wildman–Crippen LogP) is 3.61. The van der Waals surface area contributed by atoms with Gasteiger partial charge in [-0.25, -0.2) is 4.79 Å². The molecular weight excluding hydrogens is 378 g/mol. The molecule has 2 saturated heterocycles. The van der Waals surface area contributed by atoms with E-state index in [-0.39, 0.29) is 23.7 Å². The van der Waals surface area contributed by atoms with Crippen LogP contribution < -0.4 is 5.32 Å². The van der Waals surface area contributed by atoms with Gasteiger partial charge in [0.2, 0.25) is 0 Å². The maximum absolute atomic E-state index is 12.3. The second kappa shape index (κ2) is 9.76. The Kier molecular flexibility index (Phi) is 7.37. The van der Waals surface area contributed by atoms with Crippen LogP contribution in [0.25, 0.3) is 0 Å². The molecule has 0 aliphatic carbocycles. The van der Waals surface area contributed by atoms with Crippen molar-refractivity contribution in [2.45, 2.75) is 75.9 Å². The van der Waals surface area contributed by atoms with Gasteiger partial charge in [0.25, 0.3) is 5.24 Å². The number of ether oxygens (including phenoxy) is 2. The summed E-state index contributed by atoms with van der Waals surface area (Å²) in [6.45, 7) is 1.92. The van der Waals surface area contributed by atoms with Gasteiger partial charge < -0.3 is 19.9 Å². The van der Waals surface area contributed by atoms with Gasteiger partial charge in [0, 0.05) is 24.7 Å². The van der Waals surface area contributed by atoms with E-state index >= 15 is 0 Å². The van der Waals surface area contributed by atoms with Crippen molar-refractivity contribution in [3.63, 3.8) is 0 Å². The van der Waals surface area contributed by atoms with Crippen LogP contribution in [0.5, 0.6) is 0 Å². The molecule has 0 radical (unpaired) electrons. The fraction of sp³-hybridized carbons (Fsp3) is 0.619. The minimum Gasteiger partial charge on any atom is -0.459 e. The highest BCUT2D eigenvalue weighted by molar-refractivity contribution is 8.14. The molecule has 3 aliphatic heterocycles. The normalized spacial score (nSPS) is 35.2. The molecule has 2 bridgehead atoms. The van der Waals surface area contributed by atoms with Crippen LogP contribution in [-0.4, -0.2) is 46.1 Å². The zero-order valence-corrected chi connectivity index (χ0v) is 17.1. The predicted molar refractivity (Wildman–Crippen MR) is 109 cm³/mol. The lowest BCUT2D eigenvalue weighted by Gasteiger charge is -2.43. The van der Waals surface area contributed by atoms with Gasteiger partial charge in [-0.1, -0.05) is 41.6 Å². The van der Waals surface area contributed by atoms with E-state index in [9.17, 15) is 14.7 Å². The first-order valence-electron chi connectivity index (χ1n) is 9.97. The number of hydrogen-bond donors (Lipinski definition) is 2. The zero-order chi connectivity index (χ0) is 20.0. The monoisotopic (exact) mass is 407 g/mol. The molecule has 6 nitrogen and oxygen atoms in total. The summed E-state index contributed by atoms with van der Waals surface area (Å²) in [5, 5.41) is 13.7. The van der Waals surface area contributed by atoms with Gasteiger partial charge in [0.05, 0.1) is 12.1 Å². The molecule has 3 heterocycles. The number of hydrogen-bond acceptors (Lipinski definition) is 6. The van der Waals surface area contributed by atoms with Crippen LogP contribution >= 0.6 is 11.8 Å². The van der Waals surface area contributed by atoms with Gasteiger partial charge in [0.1, 0.15) is 6.10 Å². The maximum Gasteiger partial charge on any atom is 0.330 e. The molecule has 3 aliphatic rings. The van der Waals surface area contributed by atoms with E-state index in [0.29, 0.717) is 12.2 Å². The van der Waals surface area contributed by atoms with E-state index in [2.05, 4.69) is 17.5 Å². The van der Waals surface area contributed by atoms with Gasteiger partial charge in [-0.2, -0.15) is 0 Å². The smallest absolute Gasteiger partial charge is 0.330 e. The van der Waals surface area contributed by atoms with Crippen LogP contribution in [-0.2, 0) is 14.3 Å². The molecule has 2 N–H and O–H groups in total. The zero-order valence-electron chi connectivity index (χ0n) is 16.3. The molecule has 28 heavy (non-hydrogen) atoms. The van der Waals surface area contributed by atoms with Crippen LogP contribution in [0.4, 0.5) is 4.79 Å². The van der Waals surface area contributed by atoms with Gasteiger partial charge in [-0.15, -0.1) is 0 Å². The topological polar surface area (TPSA) is 84.9 Å². The lowest BCUT2D eigenvalue weighted by molar-refractivity contribution is -0.283. The lowest BCUT2D eigenvalue weighted by Crippen LogP contribution is -2.58. The number of nitrogens with one attached hydrogen (secondary N) is 1. The van der Waals surface area contributed by atoms with Crippen LogP contribution in [0.15, 0.2) is 36.0 Å². The molecule has 154 valence electrons. The Balaban J connectivity index is 1.75. The summed E-state index contributed by atoms with van der Waals surface area (Å²) >= 11 is 1.14. The molecule has 0 aromatic rings. The summed E-state index contributed by atoms with van der Waals surface area (Å²) in [4.78, 5) is 23.9. The largest absolute Gasteiger partial charge is 0.459 e. The second-order valence-corrected chi connectivity index (χ2v) is 8.69. The second-order valence-electron chi connectivity index (χ2n) is 7.70. The van der Waals surface area contributed by atoms with Crippen LogP contribution in [0.2, 0.25) is 0 Å². The molecule has 2 fully saturated rings. The Bertz CT molecular complexity index is 674. The minimum atomic E-state index is -1.52. The van der Waals surface area contributed by atoms with Crippen LogP contribution in [0.1, 0.15) is 51.9 Å². The van der Waals surface area contributed by atoms with Crippen molar-refractivity contribution in [3.05, 3.63) is 36.0 Å². The third kappa shape index (κ3) is 5.96. The van der Waals surface area contributed by atoms with Gasteiger partial charge in [0.15, 0.2) is 5.79 Å². The Hall–Kier alpha value is -1.57. The van der Waals surface area contributed by atoms with E-state index < -0.39 is 17.9 Å². The van der Waals surface area contributed by atoms with E-state index in [1.165, 1.54) is 6.08 Å². The molecule has 7 heteroatoms. The van der Waals surface area contributed by atoms with Crippen molar-refractivity contribution in [3.8, 4) is 0 Å². The summed E-state index contributed by atoms with van der Waals surface area (Å²) in [6.07, 6.45) is 14.2. The Morgan fingerprint density at radius 2 is 2.00 bits per heavy atom. The van der Waals surface area contributed by atoms with Crippen molar-refractivity contribution in [2.75, 3.05) is 5.75 Å². The molecule has 3 rings (SSSR count). The quantitative estimate of drug-likeness (QED) is 0.646. The molecule has 0 spiro atoms. The molecule has 2 unspecified atom stereocenters. The Morgan fingerprint density at radius 3 is 2.75 bits per heavy atom. The number of carbonyl (C=O) groups is 2. The number of aliphatic hydroxyl groups is 1.